The third kappa shape index (κ3) is 3.23. The highest BCUT2D eigenvalue weighted by molar-refractivity contribution is 7.14. The Labute approximate surface area is 139 Å². The molecule has 0 spiro atoms. The number of carbonyl (C=O) groups excluding carboxylic acids is 1. The maximum atomic E-state index is 13.9. The lowest BCUT2D eigenvalue weighted by Crippen LogP contribution is -2.15. The fourth-order valence-electron chi connectivity index (χ4n) is 2.01. The summed E-state index contributed by atoms with van der Waals surface area (Å²) in [6.45, 7) is 0. The molecule has 0 aliphatic heterocycles. The van der Waals surface area contributed by atoms with Gasteiger partial charge in [-0.05, 0) is 24.3 Å². The van der Waals surface area contributed by atoms with E-state index in [0.29, 0.717) is 17.1 Å². The van der Waals surface area contributed by atoms with Crippen molar-refractivity contribution in [2.75, 3.05) is 4.90 Å². The van der Waals surface area contributed by atoms with Gasteiger partial charge in [0.15, 0.2) is 5.13 Å². The summed E-state index contributed by atoms with van der Waals surface area (Å²) in [7, 11) is 0. The number of nitrogens with zero attached hydrogens (tertiary/aromatic N) is 2. The maximum Gasteiger partial charge on any atom is 0.220 e. The molecular formula is C16H9ClF2N2OS. The third-order valence-corrected chi connectivity index (χ3v) is 4.20. The quantitative estimate of drug-likeness (QED) is 0.618. The first-order valence-electron chi connectivity index (χ1n) is 6.49. The van der Waals surface area contributed by atoms with Crippen LogP contribution >= 0.6 is 22.9 Å². The van der Waals surface area contributed by atoms with E-state index in [0.717, 1.165) is 22.6 Å². The summed E-state index contributed by atoms with van der Waals surface area (Å²) >= 11 is 7.02. The molecule has 116 valence electrons. The van der Waals surface area contributed by atoms with Gasteiger partial charge in [-0.2, -0.15) is 0 Å². The summed E-state index contributed by atoms with van der Waals surface area (Å²) in [6, 6.07) is 10.1. The molecule has 0 aliphatic carbocycles. The van der Waals surface area contributed by atoms with Crippen molar-refractivity contribution in [2.45, 2.75) is 0 Å². The first-order chi connectivity index (χ1) is 11.1. The molecule has 7 heteroatoms. The highest BCUT2D eigenvalue weighted by Crippen LogP contribution is 2.32. The van der Waals surface area contributed by atoms with E-state index < -0.39 is 11.6 Å². The predicted molar refractivity (Wildman–Crippen MR) is 87.1 cm³/mol. The summed E-state index contributed by atoms with van der Waals surface area (Å²) in [5.41, 5.74) is 1.40. The number of hydrogen-bond acceptors (Lipinski definition) is 3. The molecule has 0 fully saturated rings. The second-order valence-corrected chi connectivity index (χ2v) is 5.87. The zero-order valence-corrected chi connectivity index (χ0v) is 13.1. The Bertz CT molecular complexity index is 852. The van der Waals surface area contributed by atoms with Crippen molar-refractivity contribution in [1.29, 1.82) is 0 Å². The topological polar surface area (TPSA) is 33.2 Å². The average molecular weight is 351 g/mol. The molecule has 0 atom stereocenters. The molecule has 1 aromatic heterocycles. The number of benzene rings is 2. The number of carbonyl (C=O) groups is 1. The zero-order chi connectivity index (χ0) is 16.4. The van der Waals surface area contributed by atoms with Gasteiger partial charge in [0.1, 0.15) is 11.6 Å². The van der Waals surface area contributed by atoms with Crippen LogP contribution < -0.4 is 4.90 Å². The molecule has 0 radical (unpaired) electrons. The largest absolute Gasteiger partial charge is 0.278 e. The standard InChI is InChI=1S/C16H9ClF2N2OS/c17-11-3-1-10(2-4-11)14-8-23-16(20-14)21(9-22)15-6-5-12(18)7-13(15)19/h1-9H. The highest BCUT2D eigenvalue weighted by atomic mass is 35.5. The lowest BCUT2D eigenvalue weighted by Gasteiger charge is -2.14. The number of aromatic nitrogens is 1. The monoisotopic (exact) mass is 350 g/mol. The summed E-state index contributed by atoms with van der Waals surface area (Å²) < 4.78 is 26.9. The highest BCUT2D eigenvalue weighted by Gasteiger charge is 2.17. The number of thiazole rings is 1. The Kier molecular flexibility index (Phi) is 4.36. The van der Waals surface area contributed by atoms with Crippen LogP contribution in [0, 0.1) is 11.6 Å². The van der Waals surface area contributed by atoms with Gasteiger partial charge < -0.3 is 0 Å². The Morgan fingerprint density at radius 2 is 1.87 bits per heavy atom. The van der Waals surface area contributed by atoms with Crippen molar-refractivity contribution in [1.82, 2.24) is 4.98 Å². The molecule has 3 nitrogen and oxygen atoms in total. The average Bonchev–Trinajstić information content (AvgIpc) is 3.00. The molecule has 0 aliphatic rings. The first kappa shape index (κ1) is 15.6. The normalized spacial score (nSPS) is 10.6. The van der Waals surface area contributed by atoms with E-state index in [2.05, 4.69) is 4.98 Å². The van der Waals surface area contributed by atoms with Crippen LogP contribution in [0.15, 0.2) is 47.8 Å². The molecule has 0 saturated heterocycles. The molecule has 23 heavy (non-hydrogen) atoms. The molecule has 3 rings (SSSR count). The van der Waals surface area contributed by atoms with Gasteiger partial charge in [0.05, 0.1) is 11.4 Å². The van der Waals surface area contributed by atoms with Crippen molar-refractivity contribution in [3.8, 4) is 11.3 Å². The fraction of sp³-hybridized carbons (Fsp3) is 0. The van der Waals surface area contributed by atoms with Crippen molar-refractivity contribution < 1.29 is 13.6 Å². The number of amides is 1. The molecule has 0 saturated carbocycles. The minimum absolute atomic E-state index is 0.0570. The van der Waals surface area contributed by atoms with Crippen LogP contribution in [0.1, 0.15) is 0 Å². The lowest BCUT2D eigenvalue weighted by atomic mass is 10.2. The molecule has 0 N–H and O–H groups in total. The van der Waals surface area contributed by atoms with E-state index in [-0.39, 0.29) is 10.8 Å². The zero-order valence-electron chi connectivity index (χ0n) is 11.5. The van der Waals surface area contributed by atoms with E-state index in [1.165, 1.54) is 17.4 Å². The van der Waals surface area contributed by atoms with E-state index in [1.807, 2.05) is 0 Å². The van der Waals surface area contributed by atoms with Gasteiger partial charge >= 0.3 is 0 Å². The van der Waals surface area contributed by atoms with Gasteiger partial charge in [0, 0.05) is 22.0 Å². The van der Waals surface area contributed by atoms with Crippen LogP contribution in [-0.4, -0.2) is 11.4 Å². The SMILES string of the molecule is O=CN(c1nc(-c2ccc(Cl)cc2)cs1)c1ccc(F)cc1F. The summed E-state index contributed by atoms with van der Waals surface area (Å²) in [6.07, 6.45) is 0.445. The smallest absolute Gasteiger partial charge is 0.220 e. The molecule has 2 aromatic carbocycles. The number of halogens is 3. The predicted octanol–water partition coefficient (Wildman–Crippen LogP) is 5.04. The van der Waals surface area contributed by atoms with Crippen LogP contribution in [0.5, 0.6) is 0 Å². The lowest BCUT2D eigenvalue weighted by molar-refractivity contribution is -0.106. The van der Waals surface area contributed by atoms with Crippen molar-refractivity contribution in [3.05, 3.63) is 64.5 Å². The second kappa shape index (κ2) is 6.44. The summed E-state index contributed by atoms with van der Waals surface area (Å²) in [5.74, 6) is -1.54. The molecule has 3 aromatic rings. The minimum Gasteiger partial charge on any atom is -0.278 e. The van der Waals surface area contributed by atoms with Crippen molar-refractivity contribution in [2.24, 2.45) is 0 Å². The molecule has 1 heterocycles. The number of hydrogen-bond donors (Lipinski definition) is 0. The molecule has 0 unspecified atom stereocenters. The molecule has 0 bridgehead atoms. The van der Waals surface area contributed by atoms with Gasteiger partial charge in [0.25, 0.3) is 0 Å². The molecule has 1 amide bonds. The van der Waals surface area contributed by atoms with E-state index in [4.69, 9.17) is 11.6 Å². The number of rotatable bonds is 4. The Morgan fingerprint density at radius 1 is 1.13 bits per heavy atom. The van der Waals surface area contributed by atoms with Crippen LogP contribution in [-0.2, 0) is 4.79 Å². The summed E-state index contributed by atoms with van der Waals surface area (Å²) in [5, 5.41) is 2.64. The summed E-state index contributed by atoms with van der Waals surface area (Å²) in [4.78, 5) is 16.7. The van der Waals surface area contributed by atoms with Crippen molar-refractivity contribution in [3.63, 3.8) is 0 Å². The van der Waals surface area contributed by atoms with E-state index in [9.17, 15) is 13.6 Å². The van der Waals surface area contributed by atoms with Crippen LogP contribution in [0.2, 0.25) is 5.02 Å². The Hall–Kier alpha value is -2.31. The van der Waals surface area contributed by atoms with Gasteiger partial charge in [-0.1, -0.05) is 23.7 Å². The third-order valence-electron chi connectivity index (χ3n) is 3.11. The number of anilines is 2. The van der Waals surface area contributed by atoms with Gasteiger partial charge in [-0.3, -0.25) is 9.69 Å². The molecular weight excluding hydrogens is 342 g/mol. The second-order valence-electron chi connectivity index (χ2n) is 4.59. The Morgan fingerprint density at radius 3 is 2.52 bits per heavy atom. The van der Waals surface area contributed by atoms with Crippen LogP contribution in [0.4, 0.5) is 19.6 Å². The fourth-order valence-corrected chi connectivity index (χ4v) is 2.95. The Balaban J connectivity index is 1.97. The minimum atomic E-state index is -0.833. The van der Waals surface area contributed by atoms with Gasteiger partial charge in [-0.25, -0.2) is 13.8 Å². The van der Waals surface area contributed by atoms with Crippen LogP contribution in [0.3, 0.4) is 0 Å². The van der Waals surface area contributed by atoms with Crippen molar-refractivity contribution >= 4 is 40.2 Å². The van der Waals surface area contributed by atoms with Gasteiger partial charge in [-0.15, -0.1) is 11.3 Å². The van der Waals surface area contributed by atoms with Crippen LogP contribution in [0.25, 0.3) is 11.3 Å². The van der Waals surface area contributed by atoms with E-state index >= 15 is 0 Å². The maximum absolute atomic E-state index is 13.9. The van der Waals surface area contributed by atoms with Gasteiger partial charge in [0.2, 0.25) is 6.41 Å². The first-order valence-corrected chi connectivity index (χ1v) is 7.75. The van der Waals surface area contributed by atoms with E-state index in [1.54, 1.807) is 29.6 Å².